The summed E-state index contributed by atoms with van der Waals surface area (Å²) in [4.78, 5) is 0. The number of hydrogen-bond acceptors (Lipinski definition) is 1. The van der Waals surface area contributed by atoms with Gasteiger partial charge in [0.15, 0.2) is 0 Å². The van der Waals surface area contributed by atoms with Crippen LogP contribution in [-0.4, -0.2) is 0 Å². The van der Waals surface area contributed by atoms with E-state index in [1.807, 2.05) is 6.07 Å². The second kappa shape index (κ2) is 6.42. The average molecular weight is 253 g/mol. The van der Waals surface area contributed by atoms with Crippen molar-refractivity contribution in [2.24, 2.45) is 5.92 Å². The Balaban J connectivity index is 2.01. The smallest absolute Gasteiger partial charge is 0.0485 e. The van der Waals surface area contributed by atoms with Crippen LogP contribution in [0.5, 0.6) is 0 Å². The molecule has 0 saturated carbocycles. The molecule has 19 heavy (non-hydrogen) atoms. The highest BCUT2D eigenvalue weighted by Crippen LogP contribution is 2.20. The highest BCUT2D eigenvalue weighted by Gasteiger charge is 2.05. The van der Waals surface area contributed by atoms with Gasteiger partial charge in [-0.3, -0.25) is 0 Å². The Hall–Kier alpha value is -1.76. The maximum Gasteiger partial charge on any atom is 0.0485 e. The lowest BCUT2D eigenvalue weighted by Crippen LogP contribution is -2.06. The Morgan fingerprint density at radius 2 is 1.47 bits per heavy atom. The number of rotatable bonds is 5. The minimum Gasteiger partial charge on any atom is -0.379 e. The SMILES string of the molecule is CC(C)Cc1ccc(C(C)Nc2ccccc2)cc1. The zero-order valence-electron chi connectivity index (χ0n) is 12.1. The van der Waals surface area contributed by atoms with Gasteiger partial charge in [0.2, 0.25) is 0 Å². The maximum absolute atomic E-state index is 3.52. The van der Waals surface area contributed by atoms with Crippen molar-refractivity contribution in [3.05, 3.63) is 65.7 Å². The van der Waals surface area contributed by atoms with Gasteiger partial charge in [0.05, 0.1) is 0 Å². The molecule has 2 aromatic rings. The Kier molecular flexibility index (Phi) is 4.62. The molecule has 1 N–H and O–H groups in total. The van der Waals surface area contributed by atoms with Gasteiger partial charge in [-0.25, -0.2) is 0 Å². The van der Waals surface area contributed by atoms with Gasteiger partial charge >= 0.3 is 0 Å². The Morgan fingerprint density at radius 1 is 0.842 bits per heavy atom. The highest BCUT2D eigenvalue weighted by atomic mass is 14.9. The van der Waals surface area contributed by atoms with Crippen molar-refractivity contribution < 1.29 is 0 Å². The van der Waals surface area contributed by atoms with E-state index >= 15 is 0 Å². The van der Waals surface area contributed by atoms with Crippen LogP contribution < -0.4 is 5.32 Å². The summed E-state index contributed by atoms with van der Waals surface area (Å²) in [5.41, 5.74) is 3.92. The van der Waals surface area contributed by atoms with Crippen molar-refractivity contribution in [2.45, 2.75) is 33.2 Å². The van der Waals surface area contributed by atoms with Crippen LogP contribution in [0.1, 0.15) is 37.9 Å². The van der Waals surface area contributed by atoms with Crippen LogP contribution in [0, 0.1) is 5.92 Å². The number of benzene rings is 2. The number of hydrogen-bond donors (Lipinski definition) is 1. The third kappa shape index (κ3) is 4.13. The molecular weight excluding hydrogens is 230 g/mol. The lowest BCUT2D eigenvalue weighted by atomic mass is 10.00. The van der Waals surface area contributed by atoms with Crippen LogP contribution in [0.25, 0.3) is 0 Å². The van der Waals surface area contributed by atoms with E-state index in [9.17, 15) is 0 Å². The quantitative estimate of drug-likeness (QED) is 0.785. The number of nitrogens with one attached hydrogen (secondary N) is 1. The fourth-order valence-corrected chi connectivity index (χ4v) is 2.28. The first-order valence-electron chi connectivity index (χ1n) is 7.05. The maximum atomic E-state index is 3.52. The summed E-state index contributed by atoms with van der Waals surface area (Å²) in [6, 6.07) is 19.6. The van der Waals surface area contributed by atoms with E-state index in [1.165, 1.54) is 16.8 Å². The zero-order chi connectivity index (χ0) is 13.7. The van der Waals surface area contributed by atoms with Crippen molar-refractivity contribution in [1.82, 2.24) is 0 Å². The third-order valence-electron chi connectivity index (χ3n) is 3.28. The van der Waals surface area contributed by atoms with E-state index in [0.29, 0.717) is 12.0 Å². The lowest BCUT2D eigenvalue weighted by molar-refractivity contribution is 0.647. The van der Waals surface area contributed by atoms with Gasteiger partial charge in [0.1, 0.15) is 0 Å². The first kappa shape index (κ1) is 13.7. The molecule has 1 nitrogen and oxygen atoms in total. The fourth-order valence-electron chi connectivity index (χ4n) is 2.28. The van der Waals surface area contributed by atoms with Crippen LogP contribution in [0.2, 0.25) is 0 Å². The molecule has 2 rings (SSSR count). The van der Waals surface area contributed by atoms with Crippen LogP contribution in [0.3, 0.4) is 0 Å². The van der Waals surface area contributed by atoms with Gasteiger partial charge in [-0.1, -0.05) is 56.3 Å². The van der Waals surface area contributed by atoms with E-state index in [-0.39, 0.29) is 0 Å². The zero-order valence-corrected chi connectivity index (χ0v) is 12.1. The summed E-state index contributed by atoms with van der Waals surface area (Å²) >= 11 is 0. The molecule has 1 heteroatoms. The van der Waals surface area contributed by atoms with Crippen molar-refractivity contribution in [2.75, 3.05) is 5.32 Å². The summed E-state index contributed by atoms with van der Waals surface area (Å²) in [6.07, 6.45) is 1.15. The summed E-state index contributed by atoms with van der Waals surface area (Å²) in [5.74, 6) is 0.714. The molecule has 0 radical (unpaired) electrons. The van der Waals surface area contributed by atoms with E-state index < -0.39 is 0 Å². The molecular formula is C18H23N. The second-order valence-electron chi connectivity index (χ2n) is 5.57. The van der Waals surface area contributed by atoms with Crippen LogP contribution >= 0.6 is 0 Å². The molecule has 0 aliphatic heterocycles. The van der Waals surface area contributed by atoms with E-state index in [0.717, 1.165) is 6.42 Å². The number of anilines is 1. The Morgan fingerprint density at radius 3 is 2.05 bits per heavy atom. The standard InChI is InChI=1S/C18H23N/c1-14(2)13-16-9-11-17(12-10-16)15(3)19-18-7-5-4-6-8-18/h4-12,14-15,19H,13H2,1-3H3. The fraction of sp³-hybridized carbons (Fsp3) is 0.333. The van der Waals surface area contributed by atoms with Crippen molar-refractivity contribution in [1.29, 1.82) is 0 Å². The molecule has 1 unspecified atom stereocenters. The largest absolute Gasteiger partial charge is 0.379 e. The molecule has 0 amide bonds. The first-order valence-corrected chi connectivity index (χ1v) is 7.05. The first-order chi connectivity index (χ1) is 9.15. The van der Waals surface area contributed by atoms with Crippen LogP contribution in [0.4, 0.5) is 5.69 Å². The average Bonchev–Trinajstić information content (AvgIpc) is 2.40. The topological polar surface area (TPSA) is 12.0 Å². The summed E-state index contributed by atoms with van der Waals surface area (Å²) in [7, 11) is 0. The lowest BCUT2D eigenvalue weighted by Gasteiger charge is -2.16. The molecule has 100 valence electrons. The number of para-hydroxylation sites is 1. The molecule has 0 saturated heterocycles. The predicted octanol–water partition coefficient (Wildman–Crippen LogP) is 5.06. The highest BCUT2D eigenvalue weighted by molar-refractivity contribution is 5.45. The molecule has 0 aliphatic rings. The van der Waals surface area contributed by atoms with Crippen LogP contribution in [-0.2, 0) is 6.42 Å². The Labute approximate surface area is 116 Å². The summed E-state index contributed by atoms with van der Waals surface area (Å²) < 4.78 is 0. The van der Waals surface area contributed by atoms with Crippen LogP contribution in [0.15, 0.2) is 54.6 Å². The second-order valence-corrected chi connectivity index (χ2v) is 5.57. The molecule has 2 aromatic carbocycles. The van der Waals surface area contributed by atoms with Crippen molar-refractivity contribution >= 4 is 5.69 Å². The third-order valence-corrected chi connectivity index (χ3v) is 3.28. The van der Waals surface area contributed by atoms with E-state index in [4.69, 9.17) is 0 Å². The molecule has 0 aromatic heterocycles. The van der Waals surface area contributed by atoms with Gasteiger partial charge < -0.3 is 5.32 Å². The molecule has 0 bridgehead atoms. The Bertz CT molecular complexity index is 485. The normalized spacial score (nSPS) is 12.4. The van der Waals surface area contributed by atoms with E-state index in [2.05, 4.69) is 74.6 Å². The van der Waals surface area contributed by atoms with Gasteiger partial charge in [-0.05, 0) is 42.5 Å². The molecule has 0 spiro atoms. The van der Waals surface area contributed by atoms with Crippen molar-refractivity contribution in [3.8, 4) is 0 Å². The van der Waals surface area contributed by atoms with Crippen molar-refractivity contribution in [3.63, 3.8) is 0 Å². The van der Waals surface area contributed by atoms with Gasteiger partial charge in [-0.15, -0.1) is 0 Å². The minimum atomic E-state index is 0.329. The molecule has 1 atom stereocenters. The molecule has 0 fully saturated rings. The molecule has 0 aliphatic carbocycles. The minimum absolute atomic E-state index is 0.329. The predicted molar refractivity (Wildman–Crippen MR) is 83.5 cm³/mol. The van der Waals surface area contributed by atoms with Gasteiger partial charge in [0.25, 0.3) is 0 Å². The summed E-state index contributed by atoms with van der Waals surface area (Å²) in [5, 5.41) is 3.52. The summed E-state index contributed by atoms with van der Waals surface area (Å²) in [6.45, 7) is 6.71. The monoisotopic (exact) mass is 253 g/mol. The van der Waals surface area contributed by atoms with Gasteiger partial charge in [0, 0.05) is 11.7 Å². The van der Waals surface area contributed by atoms with E-state index in [1.54, 1.807) is 0 Å². The van der Waals surface area contributed by atoms with Gasteiger partial charge in [-0.2, -0.15) is 0 Å². The molecule has 0 heterocycles.